The number of nitrogens with zero attached hydrogens (tertiary/aromatic N) is 3. The van der Waals surface area contributed by atoms with E-state index in [1.165, 1.54) is 0 Å². The van der Waals surface area contributed by atoms with Crippen molar-refractivity contribution in [3.8, 4) is 6.07 Å². The monoisotopic (exact) mass is 257 g/mol. The number of esters is 1. The van der Waals surface area contributed by atoms with E-state index in [0.29, 0.717) is 22.6 Å². The summed E-state index contributed by atoms with van der Waals surface area (Å²) in [5.74, 6) is 1.05. The zero-order valence-electron chi connectivity index (χ0n) is 10.8. The van der Waals surface area contributed by atoms with Crippen LogP contribution >= 0.6 is 0 Å². The van der Waals surface area contributed by atoms with Crippen molar-refractivity contribution in [2.24, 2.45) is 5.92 Å². The fraction of sp³-hybridized carbons (Fsp3) is 0.500. The number of ether oxygens (including phenoxy) is 1. The Morgan fingerprint density at radius 2 is 2.21 bits per heavy atom. The van der Waals surface area contributed by atoms with Gasteiger partial charge in [0.15, 0.2) is 0 Å². The first-order valence-corrected chi connectivity index (χ1v) is 6.55. The van der Waals surface area contributed by atoms with Crippen molar-refractivity contribution in [3.63, 3.8) is 0 Å². The molecule has 5 nitrogen and oxygen atoms in total. The molecule has 0 bridgehead atoms. The number of aromatic nitrogens is 1. The van der Waals surface area contributed by atoms with Crippen molar-refractivity contribution < 1.29 is 9.53 Å². The van der Waals surface area contributed by atoms with Gasteiger partial charge in [0, 0.05) is 13.1 Å². The van der Waals surface area contributed by atoms with Crippen LogP contribution in [0, 0.1) is 17.2 Å². The molecule has 1 fully saturated rings. The van der Waals surface area contributed by atoms with Crippen molar-refractivity contribution in [2.75, 3.05) is 18.0 Å². The molecule has 3 heterocycles. The quantitative estimate of drug-likeness (QED) is 0.718. The summed E-state index contributed by atoms with van der Waals surface area (Å²) in [7, 11) is 0. The molecule has 0 saturated carbocycles. The lowest BCUT2D eigenvalue weighted by Crippen LogP contribution is -2.34. The van der Waals surface area contributed by atoms with Gasteiger partial charge in [-0.25, -0.2) is 9.78 Å². The minimum Gasteiger partial charge on any atom is -0.455 e. The largest absolute Gasteiger partial charge is 0.455 e. The number of hydrogen-bond donors (Lipinski definition) is 0. The Bertz CT molecular complexity index is 569. The molecule has 1 aromatic heterocycles. The Morgan fingerprint density at radius 1 is 1.47 bits per heavy atom. The van der Waals surface area contributed by atoms with E-state index < -0.39 is 0 Å². The highest BCUT2D eigenvalue weighted by Crippen LogP contribution is 2.28. The molecule has 19 heavy (non-hydrogen) atoms. The minimum atomic E-state index is -0.377. The number of anilines is 1. The second kappa shape index (κ2) is 4.54. The Morgan fingerprint density at radius 3 is 2.89 bits per heavy atom. The Kier molecular flexibility index (Phi) is 2.86. The first-order valence-electron chi connectivity index (χ1n) is 6.55. The number of piperidine rings is 1. The Labute approximate surface area is 111 Å². The van der Waals surface area contributed by atoms with E-state index in [1.54, 1.807) is 6.07 Å². The zero-order chi connectivity index (χ0) is 13.4. The number of carbonyl (C=O) groups is 1. The van der Waals surface area contributed by atoms with Crippen LogP contribution in [0.15, 0.2) is 6.07 Å². The molecular weight excluding hydrogens is 242 g/mol. The fourth-order valence-electron chi connectivity index (χ4n) is 2.58. The van der Waals surface area contributed by atoms with Crippen LogP contribution in [0.25, 0.3) is 0 Å². The van der Waals surface area contributed by atoms with Crippen molar-refractivity contribution in [2.45, 2.75) is 26.4 Å². The van der Waals surface area contributed by atoms with E-state index in [0.717, 1.165) is 31.8 Å². The molecule has 1 aromatic rings. The van der Waals surface area contributed by atoms with Gasteiger partial charge in [0.25, 0.3) is 0 Å². The minimum absolute atomic E-state index is 0.219. The number of rotatable bonds is 1. The smallest absolute Gasteiger partial charge is 0.340 e. The molecule has 0 amide bonds. The van der Waals surface area contributed by atoms with Crippen LogP contribution in [-0.4, -0.2) is 24.0 Å². The zero-order valence-corrected chi connectivity index (χ0v) is 10.8. The van der Waals surface area contributed by atoms with Crippen LogP contribution in [-0.2, 0) is 11.3 Å². The molecule has 0 aliphatic carbocycles. The lowest BCUT2D eigenvalue weighted by molar-refractivity contribution is 0.0533. The molecule has 5 heteroatoms. The predicted octanol–water partition coefficient (Wildman–Crippen LogP) is 1.86. The lowest BCUT2D eigenvalue weighted by Gasteiger charge is -2.31. The molecule has 0 unspecified atom stereocenters. The average molecular weight is 257 g/mol. The third kappa shape index (κ3) is 2.03. The SMILES string of the molecule is CC1CCN(c2nc3c(cc2C#N)C(=O)OC3)CC1. The fourth-order valence-corrected chi connectivity index (χ4v) is 2.58. The lowest BCUT2D eigenvalue weighted by atomic mass is 9.99. The molecule has 98 valence electrons. The highest BCUT2D eigenvalue weighted by Gasteiger charge is 2.27. The Hall–Kier alpha value is -2.09. The number of nitriles is 1. The third-order valence-corrected chi connectivity index (χ3v) is 3.84. The molecule has 0 radical (unpaired) electrons. The molecule has 2 aliphatic rings. The van der Waals surface area contributed by atoms with E-state index in [-0.39, 0.29) is 12.6 Å². The first kappa shape index (κ1) is 12.0. The number of cyclic esters (lactones) is 1. The maximum absolute atomic E-state index is 11.5. The van der Waals surface area contributed by atoms with Gasteiger partial charge in [0.05, 0.1) is 16.8 Å². The molecule has 1 saturated heterocycles. The predicted molar refractivity (Wildman–Crippen MR) is 68.7 cm³/mol. The second-order valence-electron chi connectivity index (χ2n) is 5.21. The van der Waals surface area contributed by atoms with E-state index >= 15 is 0 Å². The highest BCUT2D eigenvalue weighted by molar-refractivity contribution is 5.93. The summed E-state index contributed by atoms with van der Waals surface area (Å²) >= 11 is 0. The van der Waals surface area contributed by atoms with Crippen LogP contribution in [0.1, 0.15) is 41.4 Å². The molecule has 0 spiro atoms. The van der Waals surface area contributed by atoms with Gasteiger partial charge in [-0.15, -0.1) is 0 Å². The van der Waals surface area contributed by atoms with E-state index in [2.05, 4.69) is 22.9 Å². The maximum Gasteiger partial charge on any atom is 0.340 e. The summed E-state index contributed by atoms with van der Waals surface area (Å²) < 4.78 is 4.95. The molecule has 0 aromatic carbocycles. The Balaban J connectivity index is 1.98. The molecule has 2 aliphatic heterocycles. The second-order valence-corrected chi connectivity index (χ2v) is 5.21. The summed E-state index contributed by atoms with van der Waals surface area (Å²) in [5.41, 5.74) is 1.55. The van der Waals surface area contributed by atoms with Gasteiger partial charge >= 0.3 is 5.97 Å². The van der Waals surface area contributed by atoms with Crippen molar-refractivity contribution >= 4 is 11.8 Å². The molecule has 0 atom stereocenters. The van der Waals surface area contributed by atoms with E-state index in [9.17, 15) is 10.1 Å². The first-order chi connectivity index (χ1) is 9.19. The van der Waals surface area contributed by atoms with Gasteiger partial charge in [-0.05, 0) is 24.8 Å². The number of carbonyl (C=O) groups excluding carboxylic acids is 1. The van der Waals surface area contributed by atoms with Crippen LogP contribution in [0.2, 0.25) is 0 Å². The van der Waals surface area contributed by atoms with Crippen molar-refractivity contribution in [3.05, 3.63) is 22.9 Å². The normalized spacial score (nSPS) is 18.9. The van der Waals surface area contributed by atoms with E-state index in [4.69, 9.17) is 4.74 Å². The molecule has 3 rings (SSSR count). The van der Waals surface area contributed by atoms with Gasteiger partial charge in [-0.1, -0.05) is 6.92 Å². The standard InChI is InChI=1S/C14H15N3O2/c1-9-2-4-17(5-3-9)13-10(7-15)6-11-12(16-13)8-19-14(11)18/h6,9H,2-5,8H2,1H3. The van der Waals surface area contributed by atoms with Crippen LogP contribution in [0.4, 0.5) is 5.82 Å². The number of fused-ring (bicyclic) bond motifs is 1. The average Bonchev–Trinajstić information content (AvgIpc) is 2.79. The topological polar surface area (TPSA) is 66.2 Å². The van der Waals surface area contributed by atoms with Gasteiger partial charge < -0.3 is 9.64 Å². The summed E-state index contributed by atoms with van der Waals surface area (Å²) in [5, 5.41) is 9.25. The molecular formula is C14H15N3O2. The van der Waals surface area contributed by atoms with Gasteiger partial charge in [0.1, 0.15) is 18.5 Å². The van der Waals surface area contributed by atoms with E-state index in [1.807, 2.05) is 0 Å². The van der Waals surface area contributed by atoms with Crippen molar-refractivity contribution in [1.29, 1.82) is 5.26 Å². The maximum atomic E-state index is 11.5. The van der Waals surface area contributed by atoms with Gasteiger partial charge in [0.2, 0.25) is 0 Å². The summed E-state index contributed by atoms with van der Waals surface area (Å²) in [6, 6.07) is 3.76. The third-order valence-electron chi connectivity index (χ3n) is 3.84. The number of pyridine rings is 1. The highest BCUT2D eigenvalue weighted by atomic mass is 16.5. The number of hydrogen-bond acceptors (Lipinski definition) is 5. The van der Waals surface area contributed by atoms with Crippen LogP contribution in [0.3, 0.4) is 0 Å². The summed E-state index contributed by atoms with van der Waals surface area (Å²) in [4.78, 5) is 18.1. The van der Waals surface area contributed by atoms with Crippen LogP contribution < -0.4 is 4.90 Å². The van der Waals surface area contributed by atoms with Gasteiger partial charge in [-0.2, -0.15) is 5.26 Å². The van der Waals surface area contributed by atoms with Crippen molar-refractivity contribution in [1.82, 2.24) is 4.98 Å². The summed E-state index contributed by atoms with van der Waals surface area (Å²) in [6.07, 6.45) is 2.22. The van der Waals surface area contributed by atoms with Crippen LogP contribution in [0.5, 0.6) is 0 Å². The molecule has 0 N–H and O–H groups in total. The van der Waals surface area contributed by atoms with Gasteiger partial charge in [-0.3, -0.25) is 0 Å². The summed E-state index contributed by atoms with van der Waals surface area (Å²) in [6.45, 7) is 4.29.